The number of nitrogens with two attached hydrogens (primary N) is 1. The molecule has 1 aromatic rings. The third-order valence-corrected chi connectivity index (χ3v) is 3.38. The van der Waals surface area contributed by atoms with E-state index in [0.717, 1.165) is 23.3 Å². The number of aliphatic hydroxyl groups excluding tert-OH is 1. The first kappa shape index (κ1) is 15.3. The topological polar surface area (TPSA) is 96.9 Å². The Hall–Kier alpha value is -2.08. The highest BCUT2D eigenvalue weighted by molar-refractivity contribution is 5.99. The van der Waals surface area contributed by atoms with Crippen molar-refractivity contribution >= 4 is 11.9 Å². The van der Waals surface area contributed by atoms with Crippen LogP contribution in [0.4, 0.5) is 0 Å². The fraction of sp³-hybridized carbons (Fsp3) is 0.467. The quantitative estimate of drug-likeness (QED) is 0.744. The number of ether oxygens (including phenoxy) is 1. The maximum atomic E-state index is 11.9. The number of aliphatic imine (C=N–C) groups is 1. The van der Waals surface area contributed by atoms with Crippen molar-refractivity contribution in [2.75, 3.05) is 6.61 Å². The summed E-state index contributed by atoms with van der Waals surface area (Å²) in [6.45, 7) is 4.69. The molecule has 0 radical (unpaired) electrons. The molecule has 0 bridgehead atoms. The number of nitrogens with zero attached hydrogens (tertiary/aromatic N) is 1. The van der Waals surface area contributed by atoms with Crippen LogP contribution in [0.3, 0.4) is 0 Å². The highest BCUT2D eigenvalue weighted by Gasteiger charge is 2.31. The fourth-order valence-corrected chi connectivity index (χ4v) is 2.28. The molecule has 1 aromatic carbocycles. The van der Waals surface area contributed by atoms with Gasteiger partial charge in [-0.15, -0.1) is 0 Å². The first-order chi connectivity index (χ1) is 10.0. The molecule has 1 aliphatic rings. The predicted molar refractivity (Wildman–Crippen MR) is 79.9 cm³/mol. The lowest BCUT2D eigenvalue weighted by Gasteiger charge is -2.24. The number of nitrogens with one attached hydrogen (secondary N) is 1. The molecule has 1 amide bonds. The van der Waals surface area contributed by atoms with E-state index in [4.69, 9.17) is 10.5 Å². The zero-order valence-corrected chi connectivity index (χ0v) is 12.3. The number of aryl methyl sites for hydroxylation is 1. The molecular formula is C15H21N3O3. The molecule has 0 aliphatic carbocycles. The predicted octanol–water partition coefficient (Wildman–Crippen LogP) is 0.705. The molecule has 6 nitrogen and oxygen atoms in total. The number of hydrogen-bond donors (Lipinski definition) is 3. The Labute approximate surface area is 124 Å². The lowest BCUT2D eigenvalue weighted by Crippen LogP contribution is -2.49. The molecule has 0 saturated heterocycles. The minimum Gasteiger partial charge on any atom is -0.493 e. The minimum atomic E-state index is -1.10. The van der Waals surface area contributed by atoms with Gasteiger partial charge in [-0.1, -0.05) is 19.1 Å². The Morgan fingerprint density at radius 1 is 1.48 bits per heavy atom. The van der Waals surface area contributed by atoms with Crippen molar-refractivity contribution < 1.29 is 14.6 Å². The van der Waals surface area contributed by atoms with Crippen molar-refractivity contribution in [2.24, 2.45) is 16.6 Å². The van der Waals surface area contributed by atoms with Crippen LogP contribution in [-0.4, -0.2) is 29.8 Å². The zero-order chi connectivity index (χ0) is 15.4. The van der Waals surface area contributed by atoms with Crippen LogP contribution in [0.5, 0.6) is 5.75 Å². The number of benzene rings is 1. The van der Waals surface area contributed by atoms with Crippen molar-refractivity contribution in [3.05, 3.63) is 29.3 Å². The van der Waals surface area contributed by atoms with Crippen molar-refractivity contribution in [2.45, 2.75) is 32.9 Å². The van der Waals surface area contributed by atoms with E-state index in [2.05, 4.69) is 17.2 Å². The third-order valence-electron chi connectivity index (χ3n) is 3.38. The highest BCUT2D eigenvalue weighted by atomic mass is 16.5. The van der Waals surface area contributed by atoms with Gasteiger partial charge in [-0.3, -0.25) is 10.1 Å². The van der Waals surface area contributed by atoms with E-state index in [1.807, 2.05) is 25.1 Å². The van der Waals surface area contributed by atoms with Crippen molar-refractivity contribution in [1.29, 1.82) is 0 Å². The van der Waals surface area contributed by atoms with E-state index in [0.29, 0.717) is 13.0 Å². The number of carbonyl (C=O) groups is 1. The zero-order valence-electron chi connectivity index (χ0n) is 12.3. The third kappa shape index (κ3) is 3.72. The van der Waals surface area contributed by atoms with E-state index in [1.54, 1.807) is 0 Å². The molecule has 4 N–H and O–H groups in total. The SMILES string of the molecule is CCCOc1ccc(CC2C(=O)NC(N)=NC2O)cc1C. The molecule has 0 spiro atoms. The van der Waals surface area contributed by atoms with Crippen molar-refractivity contribution in [1.82, 2.24) is 5.32 Å². The van der Waals surface area contributed by atoms with Crippen LogP contribution in [-0.2, 0) is 11.2 Å². The Balaban J connectivity index is 2.09. The molecule has 1 heterocycles. The normalized spacial score (nSPS) is 21.7. The number of guanidine groups is 1. The summed E-state index contributed by atoms with van der Waals surface area (Å²) >= 11 is 0. The second-order valence-electron chi connectivity index (χ2n) is 5.18. The highest BCUT2D eigenvalue weighted by Crippen LogP contribution is 2.23. The standard InChI is InChI=1S/C15H21N3O3/c1-3-6-21-12-5-4-10(7-9(12)2)8-11-13(19)17-15(16)18-14(11)20/h4-5,7,11,13,19H,3,6,8H2,1-2H3,(H3,16,17,18,20). The molecule has 2 unspecified atom stereocenters. The van der Waals surface area contributed by atoms with Gasteiger partial charge in [0.1, 0.15) is 5.75 Å². The molecule has 6 heteroatoms. The van der Waals surface area contributed by atoms with Crippen LogP contribution < -0.4 is 15.8 Å². The summed E-state index contributed by atoms with van der Waals surface area (Å²) in [6, 6.07) is 5.76. The smallest absolute Gasteiger partial charge is 0.234 e. The second-order valence-corrected chi connectivity index (χ2v) is 5.18. The summed E-state index contributed by atoms with van der Waals surface area (Å²) in [7, 11) is 0. The van der Waals surface area contributed by atoms with E-state index >= 15 is 0 Å². The molecule has 21 heavy (non-hydrogen) atoms. The summed E-state index contributed by atoms with van der Waals surface area (Å²) in [5.41, 5.74) is 7.36. The molecule has 2 rings (SSSR count). The van der Waals surface area contributed by atoms with E-state index in [1.165, 1.54) is 0 Å². The van der Waals surface area contributed by atoms with E-state index in [9.17, 15) is 9.90 Å². The summed E-state index contributed by atoms with van der Waals surface area (Å²) in [6.07, 6.45) is 0.253. The Morgan fingerprint density at radius 3 is 2.86 bits per heavy atom. The van der Waals surface area contributed by atoms with Crippen LogP contribution in [0, 0.1) is 12.8 Å². The Morgan fingerprint density at radius 2 is 2.24 bits per heavy atom. The lowest BCUT2D eigenvalue weighted by atomic mass is 9.95. The van der Waals surface area contributed by atoms with E-state index in [-0.39, 0.29) is 11.9 Å². The maximum absolute atomic E-state index is 11.9. The van der Waals surface area contributed by atoms with Gasteiger partial charge in [-0.25, -0.2) is 4.99 Å². The number of amides is 1. The summed E-state index contributed by atoms with van der Waals surface area (Å²) in [4.78, 5) is 15.6. The maximum Gasteiger partial charge on any atom is 0.234 e. The first-order valence-electron chi connectivity index (χ1n) is 7.05. The number of hydrogen-bond acceptors (Lipinski definition) is 5. The van der Waals surface area contributed by atoms with Gasteiger partial charge in [0.25, 0.3) is 0 Å². The van der Waals surface area contributed by atoms with Crippen molar-refractivity contribution in [3.63, 3.8) is 0 Å². The monoisotopic (exact) mass is 291 g/mol. The summed E-state index contributed by atoms with van der Waals surface area (Å²) < 4.78 is 5.62. The van der Waals surface area contributed by atoms with Gasteiger partial charge >= 0.3 is 0 Å². The largest absolute Gasteiger partial charge is 0.493 e. The van der Waals surface area contributed by atoms with Gasteiger partial charge in [0.15, 0.2) is 12.2 Å². The molecule has 114 valence electrons. The lowest BCUT2D eigenvalue weighted by molar-refractivity contribution is -0.127. The average Bonchev–Trinajstić information content (AvgIpc) is 2.42. The first-order valence-corrected chi connectivity index (χ1v) is 7.05. The van der Waals surface area contributed by atoms with Crippen LogP contribution in [0.25, 0.3) is 0 Å². The minimum absolute atomic E-state index is 0.0387. The van der Waals surface area contributed by atoms with Crippen LogP contribution >= 0.6 is 0 Å². The van der Waals surface area contributed by atoms with Crippen LogP contribution in [0.2, 0.25) is 0 Å². The number of aliphatic hydroxyl groups is 1. The Bertz CT molecular complexity index is 557. The van der Waals surface area contributed by atoms with Gasteiger partial charge in [-0.05, 0) is 37.0 Å². The average molecular weight is 291 g/mol. The van der Waals surface area contributed by atoms with Gasteiger partial charge < -0.3 is 15.6 Å². The van der Waals surface area contributed by atoms with Gasteiger partial charge in [-0.2, -0.15) is 0 Å². The molecule has 2 atom stereocenters. The number of carbonyl (C=O) groups excluding carboxylic acids is 1. The fourth-order valence-electron chi connectivity index (χ4n) is 2.28. The number of rotatable bonds is 5. The summed E-state index contributed by atoms with van der Waals surface area (Å²) in [5.74, 6) is -0.127. The van der Waals surface area contributed by atoms with Crippen LogP contribution in [0.1, 0.15) is 24.5 Å². The molecular weight excluding hydrogens is 270 g/mol. The van der Waals surface area contributed by atoms with Crippen molar-refractivity contribution in [3.8, 4) is 5.75 Å². The van der Waals surface area contributed by atoms with Gasteiger partial charge in [0.05, 0.1) is 12.5 Å². The van der Waals surface area contributed by atoms with Gasteiger partial charge in [0.2, 0.25) is 5.91 Å². The second kappa shape index (κ2) is 6.58. The Kier molecular flexibility index (Phi) is 4.80. The van der Waals surface area contributed by atoms with Crippen LogP contribution in [0.15, 0.2) is 23.2 Å². The summed E-state index contributed by atoms with van der Waals surface area (Å²) in [5, 5.41) is 12.3. The molecule has 1 aliphatic heterocycles. The van der Waals surface area contributed by atoms with Gasteiger partial charge in [0, 0.05) is 0 Å². The molecule has 0 fully saturated rings. The van der Waals surface area contributed by atoms with E-state index < -0.39 is 12.1 Å². The molecule has 0 saturated carbocycles. The molecule has 0 aromatic heterocycles.